The van der Waals surface area contributed by atoms with Crippen molar-refractivity contribution in [1.29, 1.82) is 0 Å². The average molecular weight is 308 g/mol. The molecule has 118 valence electrons. The Morgan fingerprint density at radius 1 is 1.18 bits per heavy atom. The van der Waals surface area contributed by atoms with Crippen LogP contribution in [0.4, 0.5) is 4.79 Å². The molecule has 0 aliphatic rings. The minimum Gasteiger partial charge on any atom is -0.461 e. The molecule has 0 aromatic heterocycles. The second-order valence-corrected chi connectivity index (χ2v) is 4.01. The molecule has 1 amide bonds. The molecule has 0 aliphatic heterocycles. The van der Waals surface area contributed by atoms with Crippen molar-refractivity contribution in [3.63, 3.8) is 0 Å². The van der Waals surface area contributed by atoms with Crippen LogP contribution >= 0.6 is 0 Å². The number of hydrogen-bond donors (Lipinski definition) is 2. The number of carbonyl (C=O) groups is 3. The lowest BCUT2D eigenvalue weighted by Gasteiger charge is -2.07. The van der Waals surface area contributed by atoms with Crippen molar-refractivity contribution in [3.8, 4) is 0 Å². The van der Waals surface area contributed by atoms with E-state index < -0.39 is 30.1 Å². The van der Waals surface area contributed by atoms with Crippen molar-refractivity contribution in [1.82, 2.24) is 5.32 Å². The molecule has 8 heteroatoms. The Morgan fingerprint density at radius 2 is 1.86 bits per heavy atom. The van der Waals surface area contributed by atoms with Crippen LogP contribution < -0.4 is 5.32 Å². The number of alkyl carbamates (subject to hydrolysis) is 1. The summed E-state index contributed by atoms with van der Waals surface area (Å²) in [5.41, 5.74) is -0.00156. The van der Waals surface area contributed by atoms with Gasteiger partial charge in [-0.15, -0.1) is 0 Å². The number of benzene rings is 1. The molecule has 0 radical (unpaired) electrons. The molecular formula is C14H16N2O6. The van der Waals surface area contributed by atoms with Crippen LogP contribution in [-0.4, -0.2) is 41.9 Å². The van der Waals surface area contributed by atoms with Crippen LogP contribution in [-0.2, 0) is 25.7 Å². The van der Waals surface area contributed by atoms with Crippen molar-refractivity contribution >= 4 is 23.6 Å². The predicted octanol–water partition coefficient (Wildman–Crippen LogP) is 0.875. The molecule has 0 atom stereocenters. The van der Waals surface area contributed by atoms with Crippen LogP contribution in [0.5, 0.6) is 0 Å². The summed E-state index contributed by atoms with van der Waals surface area (Å²) >= 11 is 0. The van der Waals surface area contributed by atoms with Gasteiger partial charge in [0.1, 0.15) is 6.61 Å². The van der Waals surface area contributed by atoms with E-state index in [1.807, 2.05) is 6.07 Å². The van der Waals surface area contributed by atoms with Crippen molar-refractivity contribution in [2.75, 3.05) is 13.2 Å². The number of esters is 1. The Balaban J connectivity index is 2.39. The number of ketones is 1. The number of ether oxygens (including phenoxy) is 2. The fraction of sp³-hybridized carbons (Fsp3) is 0.286. The molecule has 1 aromatic rings. The van der Waals surface area contributed by atoms with E-state index in [1.54, 1.807) is 24.3 Å². The molecule has 0 heterocycles. The van der Waals surface area contributed by atoms with Gasteiger partial charge in [-0.2, -0.15) is 0 Å². The van der Waals surface area contributed by atoms with Gasteiger partial charge in [-0.1, -0.05) is 35.5 Å². The molecule has 0 saturated heterocycles. The normalized spacial score (nSPS) is 10.7. The number of oxime groups is 1. The van der Waals surface area contributed by atoms with Gasteiger partial charge >= 0.3 is 12.1 Å². The fourth-order valence-electron chi connectivity index (χ4n) is 1.42. The largest absolute Gasteiger partial charge is 0.461 e. The van der Waals surface area contributed by atoms with Gasteiger partial charge in [0.15, 0.2) is 0 Å². The summed E-state index contributed by atoms with van der Waals surface area (Å²) in [6.45, 7) is 1.06. The molecule has 0 spiro atoms. The predicted molar refractivity (Wildman–Crippen MR) is 75.5 cm³/mol. The first-order valence-electron chi connectivity index (χ1n) is 6.45. The summed E-state index contributed by atoms with van der Waals surface area (Å²) in [6.07, 6.45) is -0.835. The van der Waals surface area contributed by atoms with E-state index >= 15 is 0 Å². The number of carbonyl (C=O) groups excluding carboxylic acids is 3. The van der Waals surface area contributed by atoms with Crippen molar-refractivity contribution in [2.45, 2.75) is 13.5 Å². The van der Waals surface area contributed by atoms with E-state index in [9.17, 15) is 14.4 Å². The summed E-state index contributed by atoms with van der Waals surface area (Å²) in [5.74, 6) is -1.95. The number of Topliss-reactive ketones (excluding diaryl/α,β-unsaturated/α-hetero) is 1. The third-order valence-corrected chi connectivity index (χ3v) is 2.44. The zero-order valence-corrected chi connectivity index (χ0v) is 11.9. The van der Waals surface area contributed by atoms with Gasteiger partial charge in [0.05, 0.1) is 13.2 Å². The topological polar surface area (TPSA) is 114 Å². The molecule has 0 bridgehead atoms. The highest BCUT2D eigenvalue weighted by molar-refractivity contribution is 6.64. The van der Waals surface area contributed by atoms with E-state index in [0.29, 0.717) is 0 Å². The Morgan fingerprint density at radius 3 is 2.45 bits per heavy atom. The number of rotatable bonds is 7. The molecule has 0 fully saturated rings. The molecule has 1 aromatic carbocycles. The minimum atomic E-state index is -1.06. The van der Waals surface area contributed by atoms with Gasteiger partial charge in [-0.25, -0.2) is 9.59 Å². The average Bonchev–Trinajstić information content (AvgIpc) is 2.53. The maximum absolute atomic E-state index is 11.6. The van der Waals surface area contributed by atoms with Crippen molar-refractivity contribution < 1.29 is 29.1 Å². The van der Waals surface area contributed by atoms with Crippen molar-refractivity contribution in [2.24, 2.45) is 5.16 Å². The van der Waals surface area contributed by atoms with Crippen LogP contribution in [0.1, 0.15) is 12.5 Å². The second kappa shape index (κ2) is 9.11. The SMILES string of the molecule is CCOC(=O)/C(=N\O)C(=O)CNC(=O)OCc1ccccc1. The van der Waals surface area contributed by atoms with E-state index in [4.69, 9.17) is 9.94 Å². The van der Waals surface area contributed by atoms with Gasteiger partial charge in [0.2, 0.25) is 11.5 Å². The lowest BCUT2D eigenvalue weighted by molar-refractivity contribution is -0.135. The van der Waals surface area contributed by atoms with Gasteiger partial charge in [0.25, 0.3) is 0 Å². The van der Waals surface area contributed by atoms with Gasteiger partial charge in [-0.3, -0.25) is 4.79 Å². The van der Waals surface area contributed by atoms with E-state index in [2.05, 4.69) is 15.2 Å². The maximum atomic E-state index is 11.6. The molecule has 0 saturated carbocycles. The van der Waals surface area contributed by atoms with Crippen LogP contribution in [0.3, 0.4) is 0 Å². The fourth-order valence-corrected chi connectivity index (χ4v) is 1.42. The number of nitrogens with zero attached hydrogens (tertiary/aromatic N) is 1. The first kappa shape index (κ1) is 17.2. The molecule has 22 heavy (non-hydrogen) atoms. The second-order valence-electron chi connectivity index (χ2n) is 4.01. The van der Waals surface area contributed by atoms with Crippen LogP contribution in [0.2, 0.25) is 0 Å². The Hall–Kier alpha value is -2.90. The Bertz CT molecular complexity index is 556. The Labute approximate surface area is 126 Å². The lowest BCUT2D eigenvalue weighted by atomic mass is 10.2. The van der Waals surface area contributed by atoms with E-state index in [0.717, 1.165) is 5.56 Å². The van der Waals surface area contributed by atoms with Crippen LogP contribution in [0, 0.1) is 0 Å². The monoisotopic (exact) mass is 308 g/mol. The summed E-state index contributed by atoms with van der Waals surface area (Å²) < 4.78 is 9.41. The van der Waals surface area contributed by atoms with Crippen LogP contribution in [0.15, 0.2) is 35.5 Å². The third kappa shape index (κ3) is 5.61. The summed E-state index contributed by atoms with van der Waals surface area (Å²) in [6, 6.07) is 8.96. The number of nitrogens with one attached hydrogen (secondary N) is 1. The smallest absolute Gasteiger partial charge is 0.407 e. The van der Waals surface area contributed by atoms with Crippen molar-refractivity contribution in [3.05, 3.63) is 35.9 Å². The first-order chi connectivity index (χ1) is 10.6. The first-order valence-corrected chi connectivity index (χ1v) is 6.45. The van der Waals surface area contributed by atoms with Crippen LogP contribution in [0.25, 0.3) is 0 Å². The number of amides is 1. The van der Waals surface area contributed by atoms with E-state index in [1.165, 1.54) is 6.92 Å². The molecule has 0 unspecified atom stereocenters. The highest BCUT2D eigenvalue weighted by atomic mass is 16.5. The van der Waals surface area contributed by atoms with Gasteiger partial charge in [-0.05, 0) is 12.5 Å². The van der Waals surface area contributed by atoms with Gasteiger partial charge in [0, 0.05) is 0 Å². The highest BCUT2D eigenvalue weighted by Gasteiger charge is 2.23. The zero-order valence-electron chi connectivity index (χ0n) is 11.9. The molecule has 2 N–H and O–H groups in total. The molecular weight excluding hydrogens is 292 g/mol. The molecule has 8 nitrogen and oxygen atoms in total. The Kier molecular flexibility index (Phi) is 7.10. The lowest BCUT2D eigenvalue weighted by Crippen LogP contribution is -2.37. The standard InChI is InChI=1S/C14H16N2O6/c1-2-21-13(18)12(16-20)11(17)8-15-14(19)22-9-10-6-4-3-5-7-10/h3-7,20H,2,8-9H2,1H3,(H,15,19)/b16-12-. The highest BCUT2D eigenvalue weighted by Crippen LogP contribution is 2.00. The minimum absolute atomic E-state index is 0.0255. The molecule has 1 rings (SSSR count). The van der Waals surface area contributed by atoms with E-state index in [-0.39, 0.29) is 13.2 Å². The summed E-state index contributed by atoms with van der Waals surface area (Å²) in [5, 5.41) is 13.4. The quantitative estimate of drug-likeness (QED) is 0.254. The number of hydrogen-bond acceptors (Lipinski definition) is 7. The summed E-state index contributed by atoms with van der Waals surface area (Å²) in [4.78, 5) is 34.3. The molecule has 0 aliphatic carbocycles. The maximum Gasteiger partial charge on any atom is 0.407 e. The summed E-state index contributed by atoms with van der Waals surface area (Å²) in [7, 11) is 0. The zero-order chi connectivity index (χ0) is 16.4. The third-order valence-electron chi connectivity index (χ3n) is 2.44. The van der Waals surface area contributed by atoms with Gasteiger partial charge < -0.3 is 20.0 Å².